The second kappa shape index (κ2) is 7.47. The van der Waals surface area contributed by atoms with E-state index in [2.05, 4.69) is 10.5 Å². The van der Waals surface area contributed by atoms with E-state index in [0.29, 0.717) is 32.2 Å². The number of hydrazone groups is 1. The van der Waals surface area contributed by atoms with Gasteiger partial charge in [-0.15, -0.1) is 0 Å². The Labute approximate surface area is 154 Å². The zero-order valence-electron chi connectivity index (χ0n) is 13.2. The van der Waals surface area contributed by atoms with Crippen molar-refractivity contribution in [2.24, 2.45) is 5.10 Å². The SMILES string of the molecule is CC(C)(C)OC(=O)NN=Cc1ccc(-c2cc(Cl)c(Cl)cc2Cl)o1. The van der Waals surface area contributed by atoms with Crippen LogP contribution in [-0.2, 0) is 4.74 Å². The molecule has 1 heterocycles. The van der Waals surface area contributed by atoms with Crippen LogP contribution in [0.3, 0.4) is 0 Å². The first-order valence-corrected chi connectivity index (χ1v) is 8.06. The molecular weight excluding hydrogens is 375 g/mol. The Bertz CT molecular complexity index is 779. The van der Waals surface area contributed by atoms with Crippen LogP contribution in [0.1, 0.15) is 26.5 Å². The Balaban J connectivity index is 2.07. The lowest BCUT2D eigenvalue weighted by Gasteiger charge is -2.18. The van der Waals surface area contributed by atoms with Crippen LogP contribution in [0.4, 0.5) is 4.79 Å². The molecule has 0 radical (unpaired) electrons. The summed E-state index contributed by atoms with van der Waals surface area (Å²) in [4.78, 5) is 11.5. The molecule has 24 heavy (non-hydrogen) atoms. The van der Waals surface area contributed by atoms with Gasteiger partial charge in [-0.25, -0.2) is 10.2 Å². The minimum Gasteiger partial charge on any atom is -0.455 e. The number of benzene rings is 1. The number of hydrogen-bond acceptors (Lipinski definition) is 4. The number of rotatable bonds is 3. The van der Waals surface area contributed by atoms with Crippen molar-refractivity contribution < 1.29 is 13.9 Å². The van der Waals surface area contributed by atoms with E-state index in [9.17, 15) is 4.79 Å². The number of nitrogens with one attached hydrogen (secondary N) is 1. The third kappa shape index (κ3) is 5.16. The summed E-state index contributed by atoms with van der Waals surface area (Å²) >= 11 is 18.0. The number of carbonyl (C=O) groups is 1. The Kier molecular flexibility index (Phi) is 5.80. The molecule has 8 heteroatoms. The minimum absolute atomic E-state index is 0.361. The highest BCUT2D eigenvalue weighted by Crippen LogP contribution is 2.35. The molecule has 1 N–H and O–H groups in total. The van der Waals surface area contributed by atoms with Crippen LogP contribution in [0.5, 0.6) is 0 Å². The van der Waals surface area contributed by atoms with Crippen molar-refractivity contribution in [1.82, 2.24) is 5.43 Å². The third-order valence-electron chi connectivity index (χ3n) is 2.65. The van der Waals surface area contributed by atoms with Gasteiger partial charge in [-0.1, -0.05) is 34.8 Å². The fraction of sp³-hybridized carbons (Fsp3) is 0.250. The summed E-state index contributed by atoms with van der Waals surface area (Å²) in [6.45, 7) is 5.28. The summed E-state index contributed by atoms with van der Waals surface area (Å²) in [7, 11) is 0. The van der Waals surface area contributed by atoms with Gasteiger partial charge >= 0.3 is 6.09 Å². The van der Waals surface area contributed by atoms with Crippen LogP contribution in [0, 0.1) is 0 Å². The molecule has 0 atom stereocenters. The molecule has 128 valence electrons. The predicted molar refractivity (Wildman–Crippen MR) is 96.1 cm³/mol. The van der Waals surface area contributed by atoms with Crippen LogP contribution in [0.2, 0.25) is 15.1 Å². The van der Waals surface area contributed by atoms with Gasteiger partial charge in [0.15, 0.2) is 0 Å². The molecule has 2 rings (SSSR count). The molecule has 0 aliphatic rings. The average Bonchev–Trinajstić information content (AvgIpc) is 2.89. The van der Waals surface area contributed by atoms with Gasteiger partial charge in [-0.2, -0.15) is 5.10 Å². The van der Waals surface area contributed by atoms with E-state index in [1.807, 2.05) is 0 Å². The van der Waals surface area contributed by atoms with E-state index in [1.165, 1.54) is 6.21 Å². The summed E-state index contributed by atoms with van der Waals surface area (Å²) in [6.07, 6.45) is 0.692. The van der Waals surface area contributed by atoms with Crippen LogP contribution >= 0.6 is 34.8 Å². The van der Waals surface area contributed by atoms with Crippen molar-refractivity contribution in [3.63, 3.8) is 0 Å². The molecule has 0 unspecified atom stereocenters. The zero-order chi connectivity index (χ0) is 17.9. The Morgan fingerprint density at radius 1 is 1.17 bits per heavy atom. The van der Waals surface area contributed by atoms with Crippen molar-refractivity contribution in [3.05, 3.63) is 45.1 Å². The molecule has 1 aromatic heterocycles. The first kappa shape index (κ1) is 18.6. The second-order valence-electron chi connectivity index (χ2n) is 5.82. The van der Waals surface area contributed by atoms with Crippen molar-refractivity contribution in [1.29, 1.82) is 0 Å². The Hall–Kier alpha value is -1.69. The number of ether oxygens (including phenoxy) is 1. The summed E-state index contributed by atoms with van der Waals surface area (Å²) in [5, 5.41) is 4.91. The van der Waals surface area contributed by atoms with Crippen LogP contribution in [0.15, 0.2) is 33.8 Å². The van der Waals surface area contributed by atoms with Gasteiger partial charge in [-0.05, 0) is 45.0 Å². The molecule has 0 fully saturated rings. The maximum absolute atomic E-state index is 11.5. The summed E-state index contributed by atoms with van der Waals surface area (Å²) in [6, 6.07) is 6.54. The summed E-state index contributed by atoms with van der Waals surface area (Å²) in [5.74, 6) is 0.917. The van der Waals surface area contributed by atoms with E-state index in [-0.39, 0.29) is 0 Å². The molecule has 0 saturated heterocycles. The van der Waals surface area contributed by atoms with Crippen LogP contribution in [0.25, 0.3) is 11.3 Å². The Morgan fingerprint density at radius 2 is 1.83 bits per heavy atom. The number of furan rings is 1. The number of halogens is 3. The number of hydrogen-bond donors (Lipinski definition) is 1. The smallest absolute Gasteiger partial charge is 0.428 e. The molecule has 0 aliphatic carbocycles. The molecule has 0 bridgehead atoms. The average molecular weight is 390 g/mol. The topological polar surface area (TPSA) is 63.8 Å². The van der Waals surface area contributed by atoms with Crippen molar-refractivity contribution in [2.75, 3.05) is 0 Å². The maximum Gasteiger partial charge on any atom is 0.428 e. The summed E-state index contributed by atoms with van der Waals surface area (Å²) < 4.78 is 10.7. The second-order valence-corrected chi connectivity index (χ2v) is 7.04. The normalized spacial score (nSPS) is 11.8. The lowest BCUT2D eigenvalue weighted by molar-refractivity contribution is 0.0529. The molecule has 0 aliphatic heterocycles. The lowest BCUT2D eigenvalue weighted by atomic mass is 10.2. The largest absolute Gasteiger partial charge is 0.455 e. The van der Waals surface area contributed by atoms with Gasteiger partial charge in [0.1, 0.15) is 17.1 Å². The molecule has 0 spiro atoms. The molecule has 5 nitrogen and oxygen atoms in total. The monoisotopic (exact) mass is 388 g/mol. The molecule has 1 aromatic carbocycles. The highest BCUT2D eigenvalue weighted by atomic mass is 35.5. The first-order chi connectivity index (χ1) is 11.2. The lowest BCUT2D eigenvalue weighted by Crippen LogP contribution is -2.29. The predicted octanol–water partition coefficient (Wildman–Crippen LogP) is 5.77. The van der Waals surface area contributed by atoms with Crippen molar-refractivity contribution in [2.45, 2.75) is 26.4 Å². The van der Waals surface area contributed by atoms with Crippen LogP contribution < -0.4 is 5.43 Å². The molecule has 0 saturated carbocycles. The number of nitrogens with zero attached hydrogens (tertiary/aromatic N) is 1. The molecule has 2 aromatic rings. The highest BCUT2D eigenvalue weighted by Gasteiger charge is 2.15. The van der Waals surface area contributed by atoms with E-state index in [0.717, 1.165) is 0 Å². The van der Waals surface area contributed by atoms with E-state index >= 15 is 0 Å². The number of carbonyl (C=O) groups excluding carboxylic acids is 1. The van der Waals surface area contributed by atoms with Gasteiger partial charge in [-0.3, -0.25) is 0 Å². The van der Waals surface area contributed by atoms with Gasteiger partial charge < -0.3 is 9.15 Å². The Morgan fingerprint density at radius 3 is 2.50 bits per heavy atom. The van der Waals surface area contributed by atoms with E-state index in [4.69, 9.17) is 44.0 Å². The maximum atomic E-state index is 11.5. The first-order valence-electron chi connectivity index (χ1n) is 6.92. The zero-order valence-corrected chi connectivity index (χ0v) is 15.5. The van der Waals surface area contributed by atoms with E-state index in [1.54, 1.807) is 45.0 Å². The third-order valence-corrected chi connectivity index (χ3v) is 3.68. The van der Waals surface area contributed by atoms with Gasteiger partial charge in [0, 0.05) is 5.56 Å². The fourth-order valence-corrected chi connectivity index (χ4v) is 2.37. The summed E-state index contributed by atoms with van der Waals surface area (Å²) in [5.41, 5.74) is 2.26. The van der Waals surface area contributed by atoms with Gasteiger partial charge in [0.25, 0.3) is 0 Å². The standard InChI is InChI=1S/C16H15Cl3N2O3/c1-16(2,3)24-15(22)21-20-8-9-4-5-14(23-9)10-6-12(18)13(19)7-11(10)17/h4-8H,1-3H3,(H,21,22). The van der Waals surface area contributed by atoms with Crippen molar-refractivity contribution >= 4 is 47.1 Å². The molecular formula is C16H15Cl3N2O3. The van der Waals surface area contributed by atoms with Gasteiger partial charge in [0.05, 0.1) is 21.3 Å². The van der Waals surface area contributed by atoms with Gasteiger partial charge in [0.2, 0.25) is 0 Å². The van der Waals surface area contributed by atoms with Crippen LogP contribution in [-0.4, -0.2) is 17.9 Å². The van der Waals surface area contributed by atoms with E-state index < -0.39 is 11.7 Å². The molecule has 1 amide bonds. The quantitative estimate of drug-likeness (QED) is 0.412. The minimum atomic E-state index is -0.655. The van der Waals surface area contributed by atoms with Crippen molar-refractivity contribution in [3.8, 4) is 11.3 Å². The fourth-order valence-electron chi connectivity index (χ4n) is 1.73. The number of amides is 1. The highest BCUT2D eigenvalue weighted by molar-refractivity contribution is 6.44.